The van der Waals surface area contributed by atoms with E-state index in [1.165, 1.54) is 24.0 Å². The van der Waals surface area contributed by atoms with Crippen LogP contribution in [0.1, 0.15) is 73.0 Å². The minimum absolute atomic E-state index is 0.184. The van der Waals surface area contributed by atoms with Gasteiger partial charge in [-0.2, -0.15) is 0 Å². The van der Waals surface area contributed by atoms with E-state index >= 15 is 0 Å². The van der Waals surface area contributed by atoms with E-state index < -0.39 is 5.54 Å². The van der Waals surface area contributed by atoms with E-state index in [0.29, 0.717) is 35.4 Å². The summed E-state index contributed by atoms with van der Waals surface area (Å²) in [5, 5.41) is 11.8. The maximum atomic E-state index is 13.5. The van der Waals surface area contributed by atoms with Gasteiger partial charge in [0.05, 0.1) is 17.7 Å². The summed E-state index contributed by atoms with van der Waals surface area (Å²) >= 11 is 8.50. The summed E-state index contributed by atoms with van der Waals surface area (Å²) in [6, 6.07) is 10.1. The zero-order valence-electron chi connectivity index (χ0n) is 18.8. The number of hydrogen-bond acceptors (Lipinski definition) is 5. The molecule has 8 heteroatoms. The molecule has 0 unspecified atom stereocenters. The number of nitrogens with zero attached hydrogens (tertiary/aromatic N) is 2. The first kappa shape index (κ1) is 22.2. The molecule has 3 heterocycles. The Balaban J connectivity index is 1.52. The number of carbonyl (C=O) groups is 1. The minimum atomic E-state index is -0.668. The first-order valence-electron chi connectivity index (χ1n) is 11.4. The van der Waals surface area contributed by atoms with Crippen LogP contribution in [0.25, 0.3) is 11.1 Å². The highest BCUT2D eigenvalue weighted by Crippen LogP contribution is 2.48. The van der Waals surface area contributed by atoms with Crippen LogP contribution >= 0.6 is 22.9 Å². The number of rotatable bonds is 8. The number of nitrogens with one attached hydrogen (secondary N) is 2. The normalized spacial score (nSPS) is 20.8. The van der Waals surface area contributed by atoms with Crippen molar-refractivity contribution in [1.82, 2.24) is 20.5 Å². The fourth-order valence-corrected chi connectivity index (χ4v) is 5.96. The zero-order chi connectivity index (χ0) is 23.0. The van der Waals surface area contributed by atoms with Crippen molar-refractivity contribution < 1.29 is 9.53 Å². The Morgan fingerprint density at radius 1 is 1.27 bits per heavy atom. The number of thiophene rings is 1. The van der Waals surface area contributed by atoms with Crippen molar-refractivity contribution in [1.29, 1.82) is 0 Å². The van der Waals surface area contributed by atoms with E-state index in [9.17, 15) is 4.79 Å². The van der Waals surface area contributed by atoms with Crippen molar-refractivity contribution >= 4 is 40.0 Å². The van der Waals surface area contributed by atoms with Gasteiger partial charge in [-0.05, 0) is 67.5 Å². The van der Waals surface area contributed by atoms with Crippen molar-refractivity contribution in [3.05, 3.63) is 62.8 Å². The van der Waals surface area contributed by atoms with Gasteiger partial charge in [-0.15, -0.1) is 21.5 Å². The quantitative estimate of drug-likeness (QED) is 0.390. The van der Waals surface area contributed by atoms with Crippen LogP contribution in [0.2, 0.25) is 5.02 Å². The fourth-order valence-electron chi connectivity index (χ4n) is 4.36. The molecule has 1 atom stereocenters. The summed E-state index contributed by atoms with van der Waals surface area (Å²) in [5.41, 5.74) is 1.71. The van der Waals surface area contributed by atoms with Crippen molar-refractivity contribution in [3.8, 4) is 5.75 Å². The van der Waals surface area contributed by atoms with Crippen LogP contribution in [-0.4, -0.2) is 27.7 Å². The van der Waals surface area contributed by atoms with Crippen LogP contribution in [0.15, 0.2) is 36.7 Å². The minimum Gasteiger partial charge on any atom is -0.494 e. The summed E-state index contributed by atoms with van der Waals surface area (Å²) in [7, 11) is 0. The smallest absolute Gasteiger partial charge is 0.256 e. The summed E-state index contributed by atoms with van der Waals surface area (Å²) < 4.78 is 5.81. The number of aromatic amines is 1. The van der Waals surface area contributed by atoms with Crippen molar-refractivity contribution in [2.75, 3.05) is 6.61 Å². The Labute approximate surface area is 202 Å². The van der Waals surface area contributed by atoms with Gasteiger partial charge in [0.15, 0.2) is 5.82 Å². The number of ether oxygens (including phenoxy) is 1. The second-order valence-corrected chi connectivity index (χ2v) is 10.5. The molecule has 1 amide bonds. The monoisotopic (exact) mass is 482 g/mol. The van der Waals surface area contributed by atoms with Crippen molar-refractivity contribution in [2.24, 2.45) is 0 Å². The third kappa shape index (κ3) is 4.44. The van der Waals surface area contributed by atoms with E-state index in [4.69, 9.17) is 16.3 Å². The van der Waals surface area contributed by atoms with Gasteiger partial charge >= 0.3 is 0 Å². The summed E-state index contributed by atoms with van der Waals surface area (Å²) in [6.45, 7) is 4.82. The average Bonchev–Trinajstić information content (AvgIpc) is 3.28. The molecule has 1 saturated carbocycles. The highest BCUT2D eigenvalue weighted by Gasteiger charge is 2.40. The van der Waals surface area contributed by atoms with Crippen LogP contribution in [0.4, 0.5) is 0 Å². The molecule has 5 rings (SSSR count). The SMILES string of the molecule is CCCCOc1ccc([C@]2(C)CC(c3ccc(C4CC4)s3)=C(c3nnc[nH]3)C(=O)N2)c(Cl)c1. The number of unbranched alkanes of at least 4 members (excludes halogenated alkanes) is 1. The molecule has 0 radical (unpaired) electrons. The molecule has 2 aromatic heterocycles. The van der Waals surface area contributed by atoms with Gasteiger partial charge in [-0.3, -0.25) is 4.79 Å². The van der Waals surface area contributed by atoms with Crippen LogP contribution < -0.4 is 10.1 Å². The Kier molecular flexibility index (Phi) is 6.01. The highest BCUT2D eigenvalue weighted by atomic mass is 35.5. The third-order valence-electron chi connectivity index (χ3n) is 6.31. The molecular formula is C25H27ClN4O2S. The summed E-state index contributed by atoms with van der Waals surface area (Å²) in [5.74, 6) is 1.71. The Hall–Kier alpha value is -2.64. The molecule has 33 heavy (non-hydrogen) atoms. The van der Waals surface area contributed by atoms with Gasteiger partial charge in [-0.1, -0.05) is 31.0 Å². The van der Waals surface area contributed by atoms with E-state index in [1.807, 2.05) is 25.1 Å². The summed E-state index contributed by atoms with van der Waals surface area (Å²) in [4.78, 5) is 18.9. The van der Waals surface area contributed by atoms with Gasteiger partial charge in [0.25, 0.3) is 5.91 Å². The Morgan fingerprint density at radius 3 is 2.82 bits per heavy atom. The summed E-state index contributed by atoms with van der Waals surface area (Å²) in [6.07, 6.45) is 6.65. The van der Waals surface area contributed by atoms with Crippen molar-refractivity contribution in [3.63, 3.8) is 0 Å². The molecule has 1 aliphatic heterocycles. The van der Waals surface area contributed by atoms with Crippen molar-refractivity contribution in [2.45, 2.75) is 57.4 Å². The molecule has 0 spiro atoms. The standard InChI is InChI=1S/C25H27ClN4O2S/c1-3-4-11-32-16-7-8-18(19(26)12-16)25(2)13-17(21-10-9-20(33-21)15-5-6-15)22(24(31)29-25)23-27-14-28-30-23/h7-10,12,14-15H,3-6,11,13H2,1-2H3,(H,29,31)(H,27,28,30)/t25-/m0/s1. The average molecular weight is 483 g/mol. The van der Waals surface area contributed by atoms with Gasteiger partial charge < -0.3 is 15.0 Å². The number of amides is 1. The molecule has 1 aliphatic carbocycles. The molecule has 2 N–H and O–H groups in total. The Bertz CT molecular complexity index is 1200. The van der Waals surface area contributed by atoms with E-state index in [-0.39, 0.29) is 5.91 Å². The lowest BCUT2D eigenvalue weighted by atomic mass is 9.80. The lowest BCUT2D eigenvalue weighted by molar-refractivity contribution is -0.117. The predicted octanol–water partition coefficient (Wildman–Crippen LogP) is 5.92. The molecule has 172 valence electrons. The molecular weight excluding hydrogens is 456 g/mol. The molecule has 0 bridgehead atoms. The third-order valence-corrected chi connectivity index (χ3v) is 7.93. The predicted molar refractivity (Wildman–Crippen MR) is 131 cm³/mol. The zero-order valence-corrected chi connectivity index (χ0v) is 20.4. The molecule has 2 aliphatic rings. The number of hydrogen-bond donors (Lipinski definition) is 2. The molecule has 6 nitrogen and oxygen atoms in total. The second-order valence-electron chi connectivity index (χ2n) is 8.97. The van der Waals surface area contributed by atoms with Gasteiger partial charge in [0, 0.05) is 21.2 Å². The maximum absolute atomic E-state index is 13.5. The van der Waals surface area contributed by atoms with E-state index in [0.717, 1.165) is 34.6 Å². The maximum Gasteiger partial charge on any atom is 0.256 e. The first-order valence-corrected chi connectivity index (χ1v) is 12.6. The molecule has 1 aromatic carbocycles. The van der Waals surface area contributed by atoms with Crippen LogP contribution in [0.3, 0.4) is 0 Å². The van der Waals surface area contributed by atoms with Gasteiger partial charge in [0.1, 0.15) is 12.1 Å². The van der Waals surface area contributed by atoms with Crippen LogP contribution in [0, 0.1) is 0 Å². The number of aromatic nitrogens is 3. The largest absolute Gasteiger partial charge is 0.494 e. The van der Waals surface area contributed by atoms with E-state index in [2.05, 4.69) is 39.6 Å². The molecule has 0 saturated heterocycles. The topological polar surface area (TPSA) is 79.9 Å². The number of benzene rings is 1. The second kappa shape index (κ2) is 8.95. The Morgan fingerprint density at radius 2 is 2.12 bits per heavy atom. The lowest BCUT2D eigenvalue weighted by Crippen LogP contribution is -2.47. The van der Waals surface area contributed by atoms with Gasteiger partial charge in [0.2, 0.25) is 0 Å². The fraction of sp³-hybridized carbons (Fsp3) is 0.400. The number of halogens is 1. The highest BCUT2D eigenvalue weighted by molar-refractivity contribution is 7.13. The van der Waals surface area contributed by atoms with E-state index in [1.54, 1.807) is 11.3 Å². The van der Waals surface area contributed by atoms with Gasteiger partial charge in [-0.25, -0.2) is 0 Å². The van der Waals surface area contributed by atoms with Crippen LogP contribution in [0.5, 0.6) is 5.75 Å². The van der Waals surface area contributed by atoms with Crippen LogP contribution in [-0.2, 0) is 10.3 Å². The number of H-pyrrole nitrogens is 1. The molecule has 3 aromatic rings. The number of carbonyl (C=O) groups excluding carboxylic acids is 1. The molecule has 1 fully saturated rings. The first-order chi connectivity index (χ1) is 16.0. The lowest BCUT2D eigenvalue weighted by Gasteiger charge is -2.37.